The standard InChI is InChI=1S/C15H17N3O/c19-15(17-14-9-18-6-4-12(14)8-18)11-1-2-13-10(7-11)3-5-16-13/h1-3,5,7,12,14,16H,4,6,8-9H2,(H,17,19)/t12-,14?/m0/s1. The first-order valence-electron chi connectivity index (χ1n) is 6.90. The van der Waals surface area contributed by atoms with E-state index in [1.54, 1.807) is 0 Å². The van der Waals surface area contributed by atoms with Crippen LogP contribution in [0.2, 0.25) is 0 Å². The largest absolute Gasteiger partial charge is 0.361 e. The third kappa shape index (κ3) is 1.83. The average Bonchev–Trinajstić information content (AvgIpc) is 3.13. The summed E-state index contributed by atoms with van der Waals surface area (Å²) in [6, 6.07) is 8.14. The minimum atomic E-state index is 0.0573. The molecular formula is C15H17N3O. The van der Waals surface area contributed by atoms with Gasteiger partial charge in [-0.1, -0.05) is 0 Å². The van der Waals surface area contributed by atoms with Crippen molar-refractivity contribution in [2.75, 3.05) is 19.6 Å². The smallest absolute Gasteiger partial charge is 0.251 e. The molecule has 2 aliphatic rings. The number of nitrogens with one attached hydrogen (secondary N) is 2. The zero-order chi connectivity index (χ0) is 12.8. The van der Waals surface area contributed by atoms with Gasteiger partial charge in [-0.25, -0.2) is 0 Å². The van der Waals surface area contributed by atoms with Gasteiger partial charge in [0.15, 0.2) is 0 Å². The second kappa shape index (κ2) is 4.10. The van der Waals surface area contributed by atoms with E-state index in [9.17, 15) is 4.79 Å². The highest BCUT2D eigenvalue weighted by Gasteiger charge is 2.38. The van der Waals surface area contributed by atoms with Crippen LogP contribution in [0.25, 0.3) is 10.9 Å². The fraction of sp³-hybridized carbons (Fsp3) is 0.400. The Balaban J connectivity index is 1.53. The van der Waals surface area contributed by atoms with E-state index in [-0.39, 0.29) is 5.91 Å². The van der Waals surface area contributed by atoms with E-state index in [1.165, 1.54) is 13.0 Å². The topological polar surface area (TPSA) is 48.1 Å². The second-order valence-electron chi connectivity index (χ2n) is 5.67. The first-order chi connectivity index (χ1) is 9.29. The first-order valence-corrected chi connectivity index (χ1v) is 6.90. The minimum absolute atomic E-state index is 0.0573. The van der Waals surface area contributed by atoms with Gasteiger partial charge < -0.3 is 15.2 Å². The number of carbonyl (C=O) groups excluding carboxylic acids is 1. The molecule has 2 bridgehead atoms. The Bertz CT molecular complexity index is 633. The van der Waals surface area contributed by atoms with Gasteiger partial charge in [0.25, 0.3) is 5.91 Å². The molecule has 4 heteroatoms. The van der Waals surface area contributed by atoms with Gasteiger partial charge >= 0.3 is 0 Å². The van der Waals surface area contributed by atoms with Crippen LogP contribution in [-0.4, -0.2) is 41.5 Å². The number of nitrogens with zero attached hydrogens (tertiary/aromatic N) is 1. The number of aromatic nitrogens is 1. The van der Waals surface area contributed by atoms with Gasteiger partial charge in [-0.05, 0) is 43.1 Å². The number of H-pyrrole nitrogens is 1. The number of fused-ring (bicyclic) bond motifs is 3. The number of carbonyl (C=O) groups is 1. The van der Waals surface area contributed by atoms with Crippen LogP contribution < -0.4 is 5.32 Å². The Morgan fingerprint density at radius 2 is 2.26 bits per heavy atom. The monoisotopic (exact) mass is 255 g/mol. The van der Waals surface area contributed by atoms with E-state index in [4.69, 9.17) is 0 Å². The lowest BCUT2D eigenvalue weighted by atomic mass is 9.99. The maximum Gasteiger partial charge on any atom is 0.251 e. The van der Waals surface area contributed by atoms with Crippen molar-refractivity contribution >= 4 is 16.8 Å². The third-order valence-electron chi connectivity index (χ3n) is 4.46. The molecule has 2 fully saturated rings. The van der Waals surface area contributed by atoms with E-state index in [0.29, 0.717) is 12.0 Å². The number of hydrogen-bond acceptors (Lipinski definition) is 2. The van der Waals surface area contributed by atoms with Crippen LogP contribution in [0.5, 0.6) is 0 Å². The summed E-state index contributed by atoms with van der Waals surface area (Å²) in [5.74, 6) is 0.710. The van der Waals surface area contributed by atoms with Gasteiger partial charge in [-0.15, -0.1) is 0 Å². The van der Waals surface area contributed by atoms with Crippen molar-refractivity contribution in [2.45, 2.75) is 12.5 Å². The van der Waals surface area contributed by atoms with E-state index in [0.717, 1.165) is 29.6 Å². The molecule has 19 heavy (non-hydrogen) atoms. The number of piperidine rings is 1. The fourth-order valence-corrected chi connectivity index (χ4v) is 3.39. The van der Waals surface area contributed by atoms with Crippen molar-refractivity contribution in [2.24, 2.45) is 5.92 Å². The highest BCUT2D eigenvalue weighted by Crippen LogP contribution is 2.28. The van der Waals surface area contributed by atoms with E-state index in [1.807, 2.05) is 30.5 Å². The minimum Gasteiger partial charge on any atom is -0.361 e. The van der Waals surface area contributed by atoms with E-state index in [2.05, 4.69) is 15.2 Å². The maximum atomic E-state index is 12.3. The maximum absolute atomic E-state index is 12.3. The number of amides is 1. The lowest BCUT2D eigenvalue weighted by Gasteiger charge is -2.23. The predicted octanol–water partition coefficient (Wildman–Crippen LogP) is 1.60. The predicted molar refractivity (Wildman–Crippen MR) is 74.1 cm³/mol. The van der Waals surface area contributed by atoms with Gasteiger partial charge in [-0.2, -0.15) is 0 Å². The summed E-state index contributed by atoms with van der Waals surface area (Å²) in [6.45, 7) is 3.37. The van der Waals surface area contributed by atoms with Crippen LogP contribution in [-0.2, 0) is 0 Å². The van der Waals surface area contributed by atoms with Gasteiger partial charge in [-0.3, -0.25) is 4.79 Å². The number of hydrogen-bond donors (Lipinski definition) is 2. The molecule has 2 aliphatic heterocycles. The summed E-state index contributed by atoms with van der Waals surface area (Å²) in [4.78, 5) is 17.9. The molecule has 3 atom stereocenters. The summed E-state index contributed by atoms with van der Waals surface area (Å²) in [6.07, 6.45) is 3.12. The summed E-state index contributed by atoms with van der Waals surface area (Å²) in [5, 5.41) is 4.28. The van der Waals surface area contributed by atoms with Crippen molar-refractivity contribution in [1.82, 2.24) is 15.2 Å². The summed E-state index contributed by atoms with van der Waals surface area (Å²) >= 11 is 0. The SMILES string of the molecule is O=C(NC1CN2CC[C@H]1C2)c1ccc2[nH]ccc2c1. The molecule has 2 N–H and O–H groups in total. The van der Waals surface area contributed by atoms with Crippen LogP contribution in [0.4, 0.5) is 0 Å². The molecule has 1 aromatic heterocycles. The Morgan fingerprint density at radius 3 is 3.05 bits per heavy atom. The molecule has 1 amide bonds. The molecular weight excluding hydrogens is 238 g/mol. The highest BCUT2D eigenvalue weighted by molar-refractivity contribution is 5.98. The molecule has 3 heterocycles. The summed E-state index contributed by atoms with van der Waals surface area (Å²) in [7, 11) is 0. The number of rotatable bonds is 2. The van der Waals surface area contributed by atoms with Crippen LogP contribution in [0.15, 0.2) is 30.5 Å². The molecule has 0 aliphatic carbocycles. The number of aromatic amines is 1. The zero-order valence-electron chi connectivity index (χ0n) is 10.7. The molecule has 2 saturated heterocycles. The molecule has 2 aromatic rings. The van der Waals surface area contributed by atoms with E-state index < -0.39 is 0 Å². The molecule has 0 spiro atoms. The third-order valence-corrected chi connectivity index (χ3v) is 4.46. The van der Waals surface area contributed by atoms with Crippen LogP contribution >= 0.6 is 0 Å². The van der Waals surface area contributed by atoms with Crippen molar-refractivity contribution in [3.63, 3.8) is 0 Å². The Kier molecular flexibility index (Phi) is 2.38. The normalized spacial score (nSPS) is 28.9. The molecule has 4 nitrogen and oxygen atoms in total. The van der Waals surface area contributed by atoms with Crippen LogP contribution in [0.3, 0.4) is 0 Å². The molecule has 0 radical (unpaired) electrons. The second-order valence-corrected chi connectivity index (χ2v) is 5.67. The van der Waals surface area contributed by atoms with Gasteiger partial charge in [0, 0.05) is 41.8 Å². The molecule has 4 rings (SSSR count). The lowest BCUT2D eigenvalue weighted by molar-refractivity contribution is 0.0924. The van der Waals surface area contributed by atoms with Crippen molar-refractivity contribution in [3.05, 3.63) is 36.0 Å². The van der Waals surface area contributed by atoms with Crippen molar-refractivity contribution in [1.29, 1.82) is 0 Å². The summed E-state index contributed by atoms with van der Waals surface area (Å²) < 4.78 is 0. The van der Waals surface area contributed by atoms with Crippen LogP contribution in [0.1, 0.15) is 16.8 Å². The van der Waals surface area contributed by atoms with Gasteiger partial charge in [0.05, 0.1) is 0 Å². The van der Waals surface area contributed by atoms with E-state index >= 15 is 0 Å². The van der Waals surface area contributed by atoms with Crippen LogP contribution in [0, 0.1) is 5.92 Å². The highest BCUT2D eigenvalue weighted by atomic mass is 16.1. The Hall–Kier alpha value is -1.81. The molecule has 1 aromatic carbocycles. The Labute approximate surface area is 111 Å². The summed E-state index contributed by atoms with van der Waals surface area (Å²) in [5.41, 5.74) is 1.83. The zero-order valence-corrected chi connectivity index (χ0v) is 10.7. The van der Waals surface area contributed by atoms with Crippen molar-refractivity contribution in [3.8, 4) is 0 Å². The number of benzene rings is 1. The lowest BCUT2D eigenvalue weighted by Crippen LogP contribution is -2.43. The Morgan fingerprint density at radius 1 is 1.32 bits per heavy atom. The fourth-order valence-electron chi connectivity index (χ4n) is 3.39. The molecule has 0 saturated carbocycles. The van der Waals surface area contributed by atoms with Gasteiger partial charge in [0.1, 0.15) is 0 Å². The average molecular weight is 255 g/mol. The molecule has 2 unspecified atom stereocenters. The van der Waals surface area contributed by atoms with Gasteiger partial charge in [0.2, 0.25) is 0 Å². The molecule has 98 valence electrons. The first kappa shape index (κ1) is 11.1. The quantitative estimate of drug-likeness (QED) is 0.856. The van der Waals surface area contributed by atoms with Crippen molar-refractivity contribution < 1.29 is 4.79 Å².